The van der Waals surface area contributed by atoms with Gasteiger partial charge in [-0.3, -0.25) is 10.1 Å². The topological polar surface area (TPSA) is 114 Å². The number of anilines is 1. The molecule has 6 heteroatoms. The largest absolute Gasteiger partial charge is 0.365 e. The zero-order valence-corrected chi connectivity index (χ0v) is 11.1. The normalized spacial score (nSPS) is 10.2. The molecule has 0 aliphatic rings. The molecule has 0 aliphatic heterocycles. The van der Waals surface area contributed by atoms with E-state index in [4.69, 9.17) is 11.5 Å². The van der Waals surface area contributed by atoms with Crippen LogP contribution in [0.3, 0.4) is 0 Å². The van der Waals surface area contributed by atoms with Gasteiger partial charge in [0.15, 0.2) is 0 Å². The maximum atomic E-state index is 11.4. The SMILES string of the molecule is CCc1ccc(-c2cc(C(N)=O)c(NC(N)=O)[nH]2)cc1. The monoisotopic (exact) mass is 272 g/mol. The molecule has 1 aromatic carbocycles. The minimum absolute atomic E-state index is 0.193. The number of aromatic amines is 1. The summed E-state index contributed by atoms with van der Waals surface area (Å²) < 4.78 is 0. The summed E-state index contributed by atoms with van der Waals surface area (Å²) >= 11 is 0. The second kappa shape index (κ2) is 5.48. The van der Waals surface area contributed by atoms with E-state index in [1.54, 1.807) is 6.07 Å². The number of nitrogens with one attached hydrogen (secondary N) is 2. The number of aromatic nitrogens is 1. The molecular formula is C14H16N4O2. The van der Waals surface area contributed by atoms with Gasteiger partial charge in [0.2, 0.25) is 0 Å². The third-order valence-electron chi connectivity index (χ3n) is 3.00. The van der Waals surface area contributed by atoms with Gasteiger partial charge in [0.25, 0.3) is 5.91 Å². The van der Waals surface area contributed by atoms with Crippen molar-refractivity contribution >= 4 is 17.8 Å². The summed E-state index contributed by atoms with van der Waals surface area (Å²) in [6, 6.07) is 8.70. The molecule has 20 heavy (non-hydrogen) atoms. The van der Waals surface area contributed by atoms with Crippen LogP contribution in [0.2, 0.25) is 0 Å². The molecule has 0 atom stereocenters. The molecule has 2 rings (SSSR count). The van der Waals surface area contributed by atoms with Crippen molar-refractivity contribution in [3.05, 3.63) is 41.5 Å². The molecule has 0 aliphatic carbocycles. The molecular weight excluding hydrogens is 256 g/mol. The van der Waals surface area contributed by atoms with Crippen molar-refractivity contribution in [2.45, 2.75) is 13.3 Å². The van der Waals surface area contributed by atoms with E-state index in [1.165, 1.54) is 5.56 Å². The van der Waals surface area contributed by atoms with Gasteiger partial charge < -0.3 is 16.5 Å². The maximum absolute atomic E-state index is 11.4. The number of rotatable bonds is 4. The standard InChI is InChI=1S/C14H16N4O2/c1-2-8-3-5-9(6-4-8)11-7-10(12(15)19)13(17-11)18-14(16)20/h3-7,17H,2H2,1H3,(H2,15,19)(H3,16,18,20). The van der Waals surface area contributed by atoms with Gasteiger partial charge in [-0.1, -0.05) is 31.2 Å². The first-order valence-corrected chi connectivity index (χ1v) is 6.19. The molecule has 0 radical (unpaired) electrons. The van der Waals surface area contributed by atoms with Crippen LogP contribution in [-0.2, 0) is 6.42 Å². The first kappa shape index (κ1) is 13.7. The predicted molar refractivity (Wildman–Crippen MR) is 77.3 cm³/mol. The Morgan fingerprint density at radius 2 is 1.85 bits per heavy atom. The fourth-order valence-electron chi connectivity index (χ4n) is 1.95. The number of urea groups is 1. The summed E-state index contributed by atoms with van der Waals surface area (Å²) in [5.74, 6) is -0.430. The number of primary amides is 2. The Morgan fingerprint density at radius 1 is 1.20 bits per heavy atom. The number of amides is 3. The Balaban J connectivity index is 2.41. The van der Waals surface area contributed by atoms with Crippen molar-refractivity contribution in [2.75, 3.05) is 5.32 Å². The molecule has 0 bridgehead atoms. The first-order chi connectivity index (χ1) is 9.51. The van der Waals surface area contributed by atoms with Crippen LogP contribution >= 0.6 is 0 Å². The second-order valence-electron chi connectivity index (χ2n) is 4.38. The number of hydrogen-bond donors (Lipinski definition) is 4. The molecule has 2 aromatic rings. The highest BCUT2D eigenvalue weighted by Gasteiger charge is 2.15. The van der Waals surface area contributed by atoms with E-state index < -0.39 is 11.9 Å². The number of hydrogen-bond acceptors (Lipinski definition) is 2. The Kier molecular flexibility index (Phi) is 3.74. The Hall–Kier alpha value is -2.76. The summed E-state index contributed by atoms with van der Waals surface area (Å²) in [7, 11) is 0. The van der Waals surface area contributed by atoms with Gasteiger partial charge in [0.05, 0.1) is 5.56 Å². The Morgan fingerprint density at radius 3 is 2.35 bits per heavy atom. The van der Waals surface area contributed by atoms with Crippen molar-refractivity contribution in [1.82, 2.24) is 4.98 Å². The molecule has 3 amide bonds. The third kappa shape index (κ3) is 2.80. The van der Waals surface area contributed by atoms with Crippen LogP contribution in [0.1, 0.15) is 22.8 Å². The van der Waals surface area contributed by atoms with Gasteiger partial charge in [0.1, 0.15) is 5.82 Å². The van der Waals surface area contributed by atoms with Gasteiger partial charge in [0, 0.05) is 5.69 Å². The fourth-order valence-corrected chi connectivity index (χ4v) is 1.95. The number of H-pyrrole nitrogens is 1. The Labute approximate surface area is 116 Å². The van der Waals surface area contributed by atoms with E-state index in [-0.39, 0.29) is 11.4 Å². The van der Waals surface area contributed by atoms with Crippen molar-refractivity contribution in [1.29, 1.82) is 0 Å². The average molecular weight is 272 g/mol. The van der Waals surface area contributed by atoms with E-state index in [0.29, 0.717) is 5.69 Å². The summed E-state index contributed by atoms with van der Waals surface area (Å²) in [4.78, 5) is 25.2. The summed E-state index contributed by atoms with van der Waals surface area (Å²) in [6.07, 6.45) is 0.950. The molecule has 6 nitrogen and oxygen atoms in total. The minimum atomic E-state index is -0.762. The van der Waals surface area contributed by atoms with Crippen molar-refractivity contribution < 1.29 is 9.59 Å². The molecule has 1 heterocycles. The quantitative estimate of drug-likeness (QED) is 0.680. The van der Waals surface area contributed by atoms with E-state index in [0.717, 1.165) is 12.0 Å². The lowest BCUT2D eigenvalue weighted by atomic mass is 10.1. The van der Waals surface area contributed by atoms with Gasteiger partial charge in [-0.2, -0.15) is 0 Å². The molecule has 6 N–H and O–H groups in total. The highest BCUT2D eigenvalue weighted by atomic mass is 16.2. The van der Waals surface area contributed by atoms with E-state index >= 15 is 0 Å². The summed E-state index contributed by atoms with van der Waals surface area (Å²) in [5.41, 5.74) is 13.3. The van der Waals surface area contributed by atoms with Crippen LogP contribution < -0.4 is 16.8 Å². The summed E-state index contributed by atoms with van der Waals surface area (Å²) in [6.45, 7) is 2.07. The van der Waals surface area contributed by atoms with Gasteiger partial charge in [-0.05, 0) is 23.6 Å². The lowest BCUT2D eigenvalue weighted by Crippen LogP contribution is -2.22. The highest BCUT2D eigenvalue weighted by Crippen LogP contribution is 2.25. The highest BCUT2D eigenvalue weighted by molar-refractivity contribution is 6.02. The molecule has 0 saturated heterocycles. The van der Waals surface area contributed by atoms with Gasteiger partial charge in [-0.15, -0.1) is 0 Å². The van der Waals surface area contributed by atoms with E-state index in [2.05, 4.69) is 17.2 Å². The number of benzene rings is 1. The fraction of sp³-hybridized carbons (Fsp3) is 0.143. The number of carbonyl (C=O) groups is 2. The van der Waals surface area contributed by atoms with E-state index in [1.807, 2.05) is 24.3 Å². The molecule has 0 spiro atoms. The number of aryl methyl sites for hydroxylation is 1. The van der Waals surface area contributed by atoms with Crippen molar-refractivity contribution in [3.8, 4) is 11.3 Å². The van der Waals surface area contributed by atoms with Crippen molar-refractivity contribution in [3.63, 3.8) is 0 Å². The van der Waals surface area contributed by atoms with Crippen LogP contribution in [0.5, 0.6) is 0 Å². The predicted octanol–water partition coefficient (Wildman–Crippen LogP) is 1.83. The zero-order valence-electron chi connectivity index (χ0n) is 11.1. The lowest BCUT2D eigenvalue weighted by Gasteiger charge is -2.01. The molecule has 0 unspecified atom stereocenters. The van der Waals surface area contributed by atoms with Crippen molar-refractivity contribution in [2.24, 2.45) is 11.5 Å². The smallest absolute Gasteiger partial charge is 0.317 e. The first-order valence-electron chi connectivity index (χ1n) is 6.19. The van der Waals surface area contributed by atoms with Gasteiger partial charge in [-0.25, -0.2) is 4.79 Å². The van der Waals surface area contributed by atoms with Crippen LogP contribution in [-0.4, -0.2) is 16.9 Å². The third-order valence-corrected chi connectivity index (χ3v) is 3.00. The van der Waals surface area contributed by atoms with Crippen LogP contribution in [0.15, 0.2) is 30.3 Å². The molecule has 0 fully saturated rings. The lowest BCUT2D eigenvalue weighted by molar-refractivity contribution is 0.100. The van der Waals surface area contributed by atoms with Gasteiger partial charge >= 0.3 is 6.03 Å². The minimum Gasteiger partial charge on any atom is -0.365 e. The van der Waals surface area contributed by atoms with E-state index in [9.17, 15) is 9.59 Å². The van der Waals surface area contributed by atoms with Crippen LogP contribution in [0.25, 0.3) is 11.3 Å². The van der Waals surface area contributed by atoms with Crippen LogP contribution in [0.4, 0.5) is 10.6 Å². The second-order valence-corrected chi connectivity index (χ2v) is 4.38. The Bertz CT molecular complexity index is 644. The molecule has 0 saturated carbocycles. The zero-order chi connectivity index (χ0) is 14.7. The maximum Gasteiger partial charge on any atom is 0.317 e. The number of nitrogens with two attached hydrogens (primary N) is 2. The number of carbonyl (C=O) groups excluding carboxylic acids is 2. The molecule has 1 aromatic heterocycles. The van der Waals surface area contributed by atoms with Crippen LogP contribution in [0, 0.1) is 0 Å². The summed E-state index contributed by atoms with van der Waals surface area (Å²) in [5, 5.41) is 2.35. The average Bonchev–Trinajstić information content (AvgIpc) is 2.82. The molecule has 104 valence electrons.